The van der Waals surface area contributed by atoms with Gasteiger partial charge in [-0.2, -0.15) is 0 Å². The van der Waals surface area contributed by atoms with E-state index >= 15 is 0 Å². The number of anilines is 1. The van der Waals surface area contributed by atoms with Gasteiger partial charge >= 0.3 is 11.7 Å². The van der Waals surface area contributed by atoms with Crippen LogP contribution in [0.2, 0.25) is 0 Å². The van der Waals surface area contributed by atoms with Crippen molar-refractivity contribution >= 4 is 11.8 Å². The molecular formula is C11H18N4O4. The number of carboxylic acid groups (broad SMARTS) is 1. The van der Waals surface area contributed by atoms with Gasteiger partial charge < -0.3 is 10.0 Å². The van der Waals surface area contributed by atoms with Gasteiger partial charge in [-0.1, -0.05) is 0 Å². The molecular weight excluding hydrogens is 252 g/mol. The molecule has 0 unspecified atom stereocenters. The van der Waals surface area contributed by atoms with Gasteiger partial charge in [0.1, 0.15) is 0 Å². The molecule has 1 heterocycles. The summed E-state index contributed by atoms with van der Waals surface area (Å²) >= 11 is 0. The summed E-state index contributed by atoms with van der Waals surface area (Å²) in [5, 5.41) is 12.7. The van der Waals surface area contributed by atoms with Gasteiger partial charge in [0.25, 0.3) is 5.56 Å². The van der Waals surface area contributed by atoms with Crippen molar-refractivity contribution < 1.29 is 9.90 Å². The molecule has 0 aliphatic rings. The lowest BCUT2D eigenvalue weighted by Crippen LogP contribution is -2.45. The molecule has 1 N–H and O–H groups in total. The quantitative estimate of drug-likeness (QED) is 0.750. The average molecular weight is 270 g/mol. The number of hydrogen-bond donors (Lipinski definition) is 1. The lowest BCUT2D eigenvalue weighted by Gasteiger charge is -2.26. The minimum Gasteiger partial charge on any atom is -0.481 e. The molecule has 1 aromatic heterocycles. The molecule has 0 saturated carbocycles. The van der Waals surface area contributed by atoms with E-state index in [1.807, 2.05) is 13.8 Å². The number of hydrogen-bond acceptors (Lipinski definition) is 5. The zero-order valence-corrected chi connectivity index (χ0v) is 11.5. The Bertz CT molecular complexity index is 587. The molecule has 0 radical (unpaired) electrons. The molecule has 1 rings (SSSR count). The normalized spacial score (nSPS) is 10.8. The number of nitrogens with zero attached hydrogens (tertiary/aromatic N) is 4. The minimum absolute atomic E-state index is 0.0841. The predicted molar refractivity (Wildman–Crippen MR) is 69.5 cm³/mol. The van der Waals surface area contributed by atoms with Crippen LogP contribution >= 0.6 is 0 Å². The summed E-state index contributed by atoms with van der Waals surface area (Å²) < 4.78 is 2.02. The van der Waals surface area contributed by atoms with Crippen LogP contribution in [0.4, 0.5) is 5.82 Å². The predicted octanol–water partition coefficient (Wildman–Crippen LogP) is -0.831. The van der Waals surface area contributed by atoms with Crippen molar-refractivity contribution in [2.45, 2.75) is 26.3 Å². The Kier molecular flexibility index (Phi) is 4.47. The lowest BCUT2D eigenvalue weighted by molar-refractivity contribution is -0.136. The maximum absolute atomic E-state index is 12.0. The van der Waals surface area contributed by atoms with E-state index in [1.54, 1.807) is 4.90 Å². The van der Waals surface area contributed by atoms with E-state index < -0.39 is 17.2 Å². The topological polar surface area (TPSA) is 97.4 Å². The number of aryl methyl sites for hydroxylation is 1. The van der Waals surface area contributed by atoms with Crippen LogP contribution in [-0.2, 0) is 18.9 Å². The van der Waals surface area contributed by atoms with Gasteiger partial charge in [-0.25, -0.2) is 9.48 Å². The summed E-state index contributed by atoms with van der Waals surface area (Å²) in [6, 6.07) is -0.1000. The van der Waals surface area contributed by atoms with Gasteiger partial charge in [-0.05, 0) is 13.8 Å². The first-order valence-electron chi connectivity index (χ1n) is 5.88. The first kappa shape index (κ1) is 14.9. The van der Waals surface area contributed by atoms with Crippen molar-refractivity contribution in [3.05, 3.63) is 20.8 Å². The fourth-order valence-corrected chi connectivity index (χ4v) is 1.69. The van der Waals surface area contributed by atoms with Crippen LogP contribution in [0, 0.1) is 0 Å². The number of carbonyl (C=O) groups is 1. The van der Waals surface area contributed by atoms with Crippen molar-refractivity contribution in [1.29, 1.82) is 0 Å². The van der Waals surface area contributed by atoms with Gasteiger partial charge in [0.15, 0.2) is 0 Å². The molecule has 0 spiro atoms. The van der Waals surface area contributed by atoms with Gasteiger partial charge in [0, 0.05) is 26.7 Å². The van der Waals surface area contributed by atoms with Gasteiger partial charge in [-0.3, -0.25) is 14.2 Å². The molecule has 8 heteroatoms. The fraction of sp³-hybridized carbons (Fsp3) is 0.636. The van der Waals surface area contributed by atoms with Crippen LogP contribution in [0.3, 0.4) is 0 Å². The highest BCUT2D eigenvalue weighted by molar-refractivity contribution is 5.67. The lowest BCUT2D eigenvalue weighted by atomic mass is 10.3. The van der Waals surface area contributed by atoms with Crippen LogP contribution in [0.15, 0.2) is 9.59 Å². The van der Waals surface area contributed by atoms with Crippen LogP contribution in [0.25, 0.3) is 0 Å². The van der Waals surface area contributed by atoms with E-state index in [4.69, 9.17) is 5.11 Å². The zero-order chi connectivity index (χ0) is 14.7. The number of rotatable bonds is 5. The summed E-state index contributed by atoms with van der Waals surface area (Å²) in [6.07, 6.45) is -0.105. The molecule has 0 bridgehead atoms. The first-order chi connectivity index (χ1) is 8.75. The molecule has 0 saturated heterocycles. The Morgan fingerprint density at radius 3 is 2.42 bits per heavy atom. The number of aliphatic carboxylic acids is 1. The van der Waals surface area contributed by atoms with Gasteiger partial charge in [-0.15, -0.1) is 5.10 Å². The summed E-state index contributed by atoms with van der Waals surface area (Å²) in [5.74, 6) is -0.867. The third-order valence-corrected chi connectivity index (χ3v) is 2.77. The third-order valence-electron chi connectivity index (χ3n) is 2.77. The summed E-state index contributed by atoms with van der Waals surface area (Å²) in [5.41, 5.74) is -1.04. The molecule has 0 aromatic carbocycles. The van der Waals surface area contributed by atoms with Gasteiger partial charge in [0.2, 0.25) is 5.82 Å². The highest BCUT2D eigenvalue weighted by Gasteiger charge is 2.19. The smallest absolute Gasteiger partial charge is 0.346 e. The van der Waals surface area contributed by atoms with Crippen molar-refractivity contribution in [3.63, 3.8) is 0 Å². The average Bonchev–Trinajstić information content (AvgIpc) is 2.32. The van der Waals surface area contributed by atoms with Crippen molar-refractivity contribution in [3.8, 4) is 0 Å². The summed E-state index contributed by atoms with van der Waals surface area (Å²) in [6.45, 7) is 3.82. The van der Waals surface area contributed by atoms with Crippen molar-refractivity contribution in [2.24, 2.45) is 14.1 Å². The first-order valence-corrected chi connectivity index (χ1v) is 5.88. The Balaban J connectivity index is 3.28. The van der Waals surface area contributed by atoms with Crippen LogP contribution < -0.4 is 16.1 Å². The van der Waals surface area contributed by atoms with Crippen LogP contribution in [0.1, 0.15) is 20.3 Å². The third kappa shape index (κ3) is 3.21. The fourth-order valence-electron chi connectivity index (χ4n) is 1.69. The van der Waals surface area contributed by atoms with Crippen LogP contribution in [-0.4, -0.2) is 38.0 Å². The van der Waals surface area contributed by atoms with Crippen LogP contribution in [0.5, 0.6) is 0 Å². The second kappa shape index (κ2) is 5.68. The molecule has 0 amide bonds. The van der Waals surface area contributed by atoms with Gasteiger partial charge in [0.05, 0.1) is 6.42 Å². The van der Waals surface area contributed by atoms with E-state index in [0.717, 1.165) is 9.25 Å². The molecule has 0 aliphatic heterocycles. The van der Waals surface area contributed by atoms with E-state index in [0.29, 0.717) is 0 Å². The second-order valence-electron chi connectivity index (χ2n) is 4.52. The molecule has 8 nitrogen and oxygen atoms in total. The van der Waals surface area contributed by atoms with Crippen molar-refractivity contribution in [1.82, 2.24) is 14.3 Å². The minimum atomic E-state index is -0.952. The zero-order valence-electron chi connectivity index (χ0n) is 11.5. The van der Waals surface area contributed by atoms with E-state index in [2.05, 4.69) is 5.10 Å². The number of aromatic nitrogens is 3. The molecule has 1 aromatic rings. The molecule has 0 atom stereocenters. The van der Waals surface area contributed by atoms with E-state index in [-0.39, 0.29) is 24.8 Å². The Morgan fingerprint density at radius 1 is 1.37 bits per heavy atom. The van der Waals surface area contributed by atoms with E-state index in [1.165, 1.54) is 14.1 Å². The maximum atomic E-state index is 12.0. The highest BCUT2D eigenvalue weighted by atomic mass is 16.4. The highest BCUT2D eigenvalue weighted by Crippen LogP contribution is 2.08. The SMILES string of the molecule is CC(C)N(CCC(=O)O)c1nn(C)c(=O)n(C)c1=O. The molecule has 19 heavy (non-hydrogen) atoms. The maximum Gasteiger partial charge on any atom is 0.346 e. The Labute approximate surface area is 109 Å². The summed E-state index contributed by atoms with van der Waals surface area (Å²) in [7, 11) is 2.81. The molecule has 106 valence electrons. The molecule has 0 aliphatic carbocycles. The largest absolute Gasteiger partial charge is 0.481 e. The second-order valence-corrected chi connectivity index (χ2v) is 4.52. The Morgan fingerprint density at radius 2 is 1.95 bits per heavy atom. The van der Waals surface area contributed by atoms with Crippen molar-refractivity contribution in [2.75, 3.05) is 11.4 Å². The molecule has 0 fully saturated rings. The summed E-state index contributed by atoms with van der Waals surface area (Å²) in [4.78, 5) is 35.8. The van der Waals surface area contributed by atoms with E-state index in [9.17, 15) is 14.4 Å². The Hall–Kier alpha value is -2.12. The standard InChI is InChI=1S/C11H18N4O4/c1-7(2)15(6-5-8(16)17)9-10(18)13(3)11(19)14(4)12-9/h7H,5-6H2,1-4H3,(H,16,17). The number of carboxylic acids is 1. The monoisotopic (exact) mass is 270 g/mol.